The Morgan fingerprint density at radius 3 is 2.71 bits per heavy atom. The Kier molecular flexibility index (Phi) is 4.12. The minimum Gasteiger partial charge on any atom is -0.396 e. The quantitative estimate of drug-likeness (QED) is 0.602. The van der Waals surface area contributed by atoms with E-state index < -0.39 is 0 Å². The molecule has 0 aliphatic carbocycles. The van der Waals surface area contributed by atoms with E-state index in [1.807, 2.05) is 20.0 Å². The van der Waals surface area contributed by atoms with Gasteiger partial charge in [-0.25, -0.2) is 9.97 Å². The molecule has 0 radical (unpaired) electrons. The van der Waals surface area contributed by atoms with Crippen molar-refractivity contribution in [2.75, 3.05) is 30.8 Å². The third kappa shape index (κ3) is 3.18. The molecule has 0 aliphatic heterocycles. The van der Waals surface area contributed by atoms with Crippen LogP contribution in [0, 0.1) is 6.92 Å². The van der Waals surface area contributed by atoms with Crippen molar-refractivity contribution in [1.29, 1.82) is 0 Å². The standard InChI is InChI=1S/C9H16N4O/c1-7-12-8(10-2)6-9(13-7)11-4-3-5-14/h6,14H,3-5H2,1-2H3,(H2,10,11,12,13). The van der Waals surface area contributed by atoms with Crippen LogP contribution >= 0.6 is 0 Å². The molecule has 1 heterocycles. The third-order valence-corrected chi connectivity index (χ3v) is 1.74. The van der Waals surface area contributed by atoms with Crippen molar-refractivity contribution in [2.45, 2.75) is 13.3 Å². The fourth-order valence-electron chi connectivity index (χ4n) is 1.08. The second kappa shape index (κ2) is 5.39. The second-order valence-corrected chi connectivity index (χ2v) is 2.94. The summed E-state index contributed by atoms with van der Waals surface area (Å²) in [5, 5.41) is 14.7. The van der Waals surface area contributed by atoms with E-state index >= 15 is 0 Å². The van der Waals surface area contributed by atoms with Crippen molar-refractivity contribution in [3.05, 3.63) is 11.9 Å². The first kappa shape index (κ1) is 10.7. The summed E-state index contributed by atoms with van der Waals surface area (Å²) >= 11 is 0. The van der Waals surface area contributed by atoms with Crippen molar-refractivity contribution >= 4 is 11.6 Å². The normalized spacial score (nSPS) is 9.93. The molecule has 0 aliphatic rings. The maximum absolute atomic E-state index is 8.61. The molecular formula is C9H16N4O. The number of anilines is 2. The first-order valence-electron chi connectivity index (χ1n) is 4.64. The average Bonchev–Trinajstić information content (AvgIpc) is 2.17. The molecule has 0 unspecified atom stereocenters. The predicted molar refractivity (Wildman–Crippen MR) is 56.5 cm³/mol. The number of rotatable bonds is 5. The summed E-state index contributed by atoms with van der Waals surface area (Å²) in [6.45, 7) is 2.75. The fourth-order valence-corrected chi connectivity index (χ4v) is 1.08. The van der Waals surface area contributed by atoms with Crippen LogP contribution in [-0.2, 0) is 0 Å². The van der Waals surface area contributed by atoms with Gasteiger partial charge in [-0.15, -0.1) is 0 Å². The molecule has 1 aromatic rings. The Labute approximate surface area is 83.6 Å². The van der Waals surface area contributed by atoms with Gasteiger partial charge in [0.15, 0.2) is 0 Å². The van der Waals surface area contributed by atoms with E-state index in [2.05, 4.69) is 20.6 Å². The minimum atomic E-state index is 0.190. The van der Waals surface area contributed by atoms with E-state index in [0.29, 0.717) is 0 Å². The molecule has 3 N–H and O–H groups in total. The zero-order chi connectivity index (χ0) is 10.4. The lowest BCUT2D eigenvalue weighted by Gasteiger charge is -2.07. The van der Waals surface area contributed by atoms with Gasteiger partial charge in [0.1, 0.15) is 17.5 Å². The molecule has 78 valence electrons. The van der Waals surface area contributed by atoms with Gasteiger partial charge < -0.3 is 15.7 Å². The SMILES string of the molecule is CNc1cc(NCCCO)nc(C)n1. The lowest BCUT2D eigenvalue weighted by molar-refractivity contribution is 0.292. The van der Waals surface area contributed by atoms with Crippen LogP contribution in [0.25, 0.3) is 0 Å². The largest absolute Gasteiger partial charge is 0.396 e. The van der Waals surface area contributed by atoms with Crippen LogP contribution < -0.4 is 10.6 Å². The van der Waals surface area contributed by atoms with Crippen LogP contribution in [0.1, 0.15) is 12.2 Å². The third-order valence-electron chi connectivity index (χ3n) is 1.74. The number of hydrogen-bond acceptors (Lipinski definition) is 5. The minimum absolute atomic E-state index is 0.190. The summed E-state index contributed by atoms with van der Waals surface area (Å²) in [6.07, 6.45) is 0.720. The zero-order valence-corrected chi connectivity index (χ0v) is 8.54. The summed E-state index contributed by atoms with van der Waals surface area (Å²) in [7, 11) is 1.82. The summed E-state index contributed by atoms with van der Waals surface area (Å²) in [6, 6.07) is 1.84. The van der Waals surface area contributed by atoms with Crippen LogP contribution in [0.3, 0.4) is 0 Å². The smallest absolute Gasteiger partial charge is 0.131 e. The van der Waals surface area contributed by atoms with Crippen LogP contribution in [0.15, 0.2) is 6.07 Å². The van der Waals surface area contributed by atoms with Gasteiger partial charge in [-0.3, -0.25) is 0 Å². The molecule has 0 bridgehead atoms. The Bertz CT molecular complexity index is 290. The van der Waals surface area contributed by atoms with E-state index in [1.165, 1.54) is 0 Å². The van der Waals surface area contributed by atoms with E-state index in [0.717, 1.165) is 30.4 Å². The van der Waals surface area contributed by atoms with Gasteiger partial charge in [0.05, 0.1) is 0 Å². The molecule has 1 aromatic heterocycles. The predicted octanol–water partition coefficient (Wildman–Crippen LogP) is 0.621. The Morgan fingerprint density at radius 1 is 1.36 bits per heavy atom. The molecule has 1 rings (SSSR count). The number of aliphatic hydroxyl groups excluding tert-OH is 1. The highest BCUT2D eigenvalue weighted by molar-refractivity contribution is 5.46. The number of aryl methyl sites for hydroxylation is 1. The average molecular weight is 196 g/mol. The first-order chi connectivity index (χ1) is 6.76. The number of aliphatic hydroxyl groups is 1. The second-order valence-electron chi connectivity index (χ2n) is 2.94. The highest BCUT2D eigenvalue weighted by Gasteiger charge is 1.98. The molecule has 0 saturated carbocycles. The van der Waals surface area contributed by atoms with Gasteiger partial charge in [-0.1, -0.05) is 0 Å². The molecule has 0 amide bonds. The van der Waals surface area contributed by atoms with Crippen LogP contribution in [0.5, 0.6) is 0 Å². The topological polar surface area (TPSA) is 70.1 Å². The van der Waals surface area contributed by atoms with Gasteiger partial charge in [-0.2, -0.15) is 0 Å². The maximum Gasteiger partial charge on any atom is 0.131 e. The molecular weight excluding hydrogens is 180 g/mol. The van der Waals surface area contributed by atoms with E-state index in [9.17, 15) is 0 Å². The summed E-state index contributed by atoms with van der Waals surface area (Å²) in [5.41, 5.74) is 0. The van der Waals surface area contributed by atoms with Crippen LogP contribution in [0.4, 0.5) is 11.6 Å². The highest BCUT2D eigenvalue weighted by Crippen LogP contribution is 2.09. The number of aromatic nitrogens is 2. The fraction of sp³-hybridized carbons (Fsp3) is 0.556. The molecule has 0 spiro atoms. The summed E-state index contributed by atoms with van der Waals surface area (Å²) in [4.78, 5) is 8.38. The van der Waals surface area contributed by atoms with Gasteiger partial charge in [0, 0.05) is 26.3 Å². The molecule has 0 aromatic carbocycles. The number of nitrogens with one attached hydrogen (secondary N) is 2. The monoisotopic (exact) mass is 196 g/mol. The molecule has 5 heteroatoms. The number of nitrogens with zero attached hydrogens (tertiary/aromatic N) is 2. The molecule has 0 atom stereocenters. The summed E-state index contributed by atoms with van der Waals surface area (Å²) in [5.74, 6) is 2.31. The molecule has 14 heavy (non-hydrogen) atoms. The summed E-state index contributed by atoms with van der Waals surface area (Å²) < 4.78 is 0. The van der Waals surface area contributed by atoms with Crippen molar-refractivity contribution in [1.82, 2.24) is 9.97 Å². The molecule has 5 nitrogen and oxygen atoms in total. The Hall–Kier alpha value is -1.36. The van der Waals surface area contributed by atoms with E-state index in [-0.39, 0.29) is 6.61 Å². The van der Waals surface area contributed by atoms with Gasteiger partial charge in [-0.05, 0) is 13.3 Å². The van der Waals surface area contributed by atoms with Gasteiger partial charge in [0.25, 0.3) is 0 Å². The Balaban J connectivity index is 2.62. The zero-order valence-electron chi connectivity index (χ0n) is 8.54. The molecule has 0 saturated heterocycles. The van der Waals surface area contributed by atoms with E-state index in [4.69, 9.17) is 5.11 Å². The lowest BCUT2D eigenvalue weighted by Crippen LogP contribution is -2.07. The first-order valence-corrected chi connectivity index (χ1v) is 4.64. The van der Waals surface area contributed by atoms with Crippen molar-refractivity contribution in [3.8, 4) is 0 Å². The molecule has 0 fully saturated rings. The highest BCUT2D eigenvalue weighted by atomic mass is 16.3. The Morgan fingerprint density at radius 2 is 2.07 bits per heavy atom. The van der Waals surface area contributed by atoms with Crippen molar-refractivity contribution < 1.29 is 5.11 Å². The van der Waals surface area contributed by atoms with Gasteiger partial charge in [0.2, 0.25) is 0 Å². The number of hydrogen-bond donors (Lipinski definition) is 3. The van der Waals surface area contributed by atoms with Crippen molar-refractivity contribution in [2.24, 2.45) is 0 Å². The van der Waals surface area contributed by atoms with E-state index in [1.54, 1.807) is 0 Å². The van der Waals surface area contributed by atoms with Crippen LogP contribution in [0.2, 0.25) is 0 Å². The van der Waals surface area contributed by atoms with Crippen molar-refractivity contribution in [3.63, 3.8) is 0 Å². The lowest BCUT2D eigenvalue weighted by atomic mass is 10.4. The maximum atomic E-state index is 8.61. The van der Waals surface area contributed by atoms with Crippen LogP contribution in [-0.4, -0.2) is 35.3 Å². The van der Waals surface area contributed by atoms with Gasteiger partial charge >= 0.3 is 0 Å².